The molecule has 6 rings (SSSR count). The van der Waals surface area contributed by atoms with Crippen LogP contribution in [0.1, 0.15) is 46.6 Å². The van der Waals surface area contributed by atoms with Gasteiger partial charge in [0, 0.05) is 30.8 Å². The van der Waals surface area contributed by atoms with E-state index in [9.17, 15) is 13.2 Å². The van der Waals surface area contributed by atoms with Gasteiger partial charge < -0.3 is 19.8 Å². The van der Waals surface area contributed by atoms with Crippen LogP contribution in [0.4, 0.5) is 5.69 Å². The Morgan fingerprint density at radius 1 is 1.09 bits per heavy atom. The SMILES string of the molecule is NCc1ccc2cc(C(=O)OCCC3CCOCC3)n(Cc3cc(NS(=O)(=O)Cc4ccsc4)cc4ccccc34)c2n1. The Morgan fingerprint density at radius 2 is 1.93 bits per heavy atom. The highest BCUT2D eigenvalue weighted by atomic mass is 32.2. The zero-order chi connectivity index (χ0) is 29.8. The molecule has 0 bridgehead atoms. The maximum Gasteiger partial charge on any atom is 0.355 e. The fraction of sp³-hybridized carbons (Fsp3) is 0.312. The number of rotatable bonds is 11. The largest absolute Gasteiger partial charge is 0.461 e. The van der Waals surface area contributed by atoms with Crippen LogP contribution in [0.2, 0.25) is 0 Å². The van der Waals surface area contributed by atoms with E-state index in [-0.39, 0.29) is 18.8 Å². The topological polar surface area (TPSA) is 126 Å². The van der Waals surface area contributed by atoms with Gasteiger partial charge >= 0.3 is 5.97 Å². The standard InChI is InChI=1S/C32H34N4O5S2/c33-18-27-6-5-25-17-30(32(37)41-13-9-22-7-11-40-12-8-22)36(31(25)34-27)19-26-16-28(15-24-3-1-2-4-29(24)26)35-43(38,39)21-23-10-14-42-20-23/h1-6,10,14-17,20,22,35H,7-9,11-13,18-19,21,33H2. The lowest BCUT2D eigenvalue weighted by Gasteiger charge is -2.21. The number of thiophene rings is 1. The van der Waals surface area contributed by atoms with E-state index < -0.39 is 16.0 Å². The molecular weight excluding hydrogens is 585 g/mol. The number of benzene rings is 2. The van der Waals surface area contributed by atoms with Crippen molar-refractivity contribution >= 4 is 54.8 Å². The Hall–Kier alpha value is -3.77. The normalized spacial score (nSPS) is 14.3. The summed E-state index contributed by atoms with van der Waals surface area (Å²) in [5.41, 5.74) is 9.64. The predicted molar refractivity (Wildman–Crippen MR) is 170 cm³/mol. The fourth-order valence-corrected chi connectivity index (χ4v) is 7.54. The van der Waals surface area contributed by atoms with Crippen LogP contribution in [-0.4, -0.2) is 43.8 Å². The van der Waals surface area contributed by atoms with Crippen molar-refractivity contribution in [3.63, 3.8) is 0 Å². The van der Waals surface area contributed by atoms with Crippen molar-refractivity contribution in [1.82, 2.24) is 9.55 Å². The van der Waals surface area contributed by atoms with Crippen LogP contribution in [0.25, 0.3) is 21.8 Å². The number of anilines is 1. The first-order valence-corrected chi connectivity index (χ1v) is 17.0. The zero-order valence-electron chi connectivity index (χ0n) is 23.7. The van der Waals surface area contributed by atoms with Gasteiger partial charge in [0.1, 0.15) is 11.3 Å². The molecule has 43 heavy (non-hydrogen) atoms. The van der Waals surface area contributed by atoms with Gasteiger partial charge in [0.25, 0.3) is 0 Å². The average molecular weight is 619 g/mol. The average Bonchev–Trinajstić information content (AvgIpc) is 3.64. The molecule has 1 aliphatic rings. The molecule has 1 saturated heterocycles. The number of sulfonamides is 1. The summed E-state index contributed by atoms with van der Waals surface area (Å²) in [7, 11) is -3.65. The first kappa shape index (κ1) is 29.3. The molecule has 0 amide bonds. The van der Waals surface area contributed by atoms with Gasteiger partial charge in [-0.05, 0) is 94.2 Å². The molecule has 224 valence electrons. The molecule has 5 aromatic rings. The number of aromatic nitrogens is 2. The van der Waals surface area contributed by atoms with Gasteiger partial charge in [-0.3, -0.25) is 4.72 Å². The lowest BCUT2D eigenvalue weighted by Crippen LogP contribution is -2.19. The van der Waals surface area contributed by atoms with E-state index in [0.29, 0.717) is 35.2 Å². The molecule has 0 spiro atoms. The van der Waals surface area contributed by atoms with Crippen molar-refractivity contribution < 1.29 is 22.7 Å². The third-order valence-electron chi connectivity index (χ3n) is 7.81. The Morgan fingerprint density at radius 3 is 2.72 bits per heavy atom. The van der Waals surface area contributed by atoms with Crippen LogP contribution in [0.3, 0.4) is 0 Å². The monoisotopic (exact) mass is 618 g/mol. The number of fused-ring (bicyclic) bond motifs is 2. The van der Waals surface area contributed by atoms with Gasteiger partial charge in [-0.1, -0.05) is 24.3 Å². The van der Waals surface area contributed by atoms with Crippen LogP contribution in [-0.2, 0) is 38.3 Å². The minimum absolute atomic E-state index is 0.115. The smallest absolute Gasteiger partial charge is 0.355 e. The van der Waals surface area contributed by atoms with Gasteiger partial charge in [0.15, 0.2) is 0 Å². The number of hydrogen-bond donors (Lipinski definition) is 2. The second-order valence-corrected chi connectivity index (χ2v) is 13.4. The quantitative estimate of drug-likeness (QED) is 0.183. The first-order valence-electron chi connectivity index (χ1n) is 14.4. The summed E-state index contributed by atoms with van der Waals surface area (Å²) in [4.78, 5) is 18.2. The summed E-state index contributed by atoms with van der Waals surface area (Å²) in [6, 6.07) is 18.8. The number of hydrogen-bond acceptors (Lipinski definition) is 8. The Bertz CT molecular complexity index is 1840. The van der Waals surface area contributed by atoms with Gasteiger partial charge in [-0.25, -0.2) is 18.2 Å². The summed E-state index contributed by atoms with van der Waals surface area (Å²) in [6.45, 7) is 2.36. The van der Waals surface area contributed by atoms with Crippen molar-refractivity contribution in [2.75, 3.05) is 24.5 Å². The van der Waals surface area contributed by atoms with E-state index in [1.54, 1.807) is 12.1 Å². The van der Waals surface area contributed by atoms with Gasteiger partial charge in [0.05, 0.1) is 24.6 Å². The second kappa shape index (κ2) is 12.8. The minimum atomic E-state index is -3.65. The highest BCUT2D eigenvalue weighted by Crippen LogP contribution is 2.29. The van der Waals surface area contributed by atoms with Crippen LogP contribution in [0, 0.1) is 5.92 Å². The van der Waals surface area contributed by atoms with E-state index in [2.05, 4.69) is 4.72 Å². The number of nitrogens with two attached hydrogens (primary N) is 1. The molecule has 0 aliphatic carbocycles. The molecular formula is C32H34N4O5S2. The zero-order valence-corrected chi connectivity index (χ0v) is 25.3. The molecule has 3 aromatic heterocycles. The van der Waals surface area contributed by atoms with E-state index in [1.807, 2.05) is 63.9 Å². The number of carbonyl (C=O) groups excluding carboxylic acids is 1. The minimum Gasteiger partial charge on any atom is -0.461 e. The third-order valence-corrected chi connectivity index (χ3v) is 9.80. The highest BCUT2D eigenvalue weighted by molar-refractivity contribution is 7.91. The lowest BCUT2D eigenvalue weighted by atomic mass is 9.97. The van der Waals surface area contributed by atoms with Crippen LogP contribution in [0.5, 0.6) is 0 Å². The Balaban J connectivity index is 1.34. The Kier molecular flexibility index (Phi) is 8.75. The van der Waals surface area contributed by atoms with Crippen molar-refractivity contribution in [2.24, 2.45) is 11.7 Å². The molecule has 4 heterocycles. The van der Waals surface area contributed by atoms with Gasteiger partial charge in [-0.15, -0.1) is 0 Å². The number of carbonyl (C=O) groups is 1. The summed E-state index contributed by atoms with van der Waals surface area (Å²) >= 11 is 1.46. The molecule has 0 saturated carbocycles. The van der Waals surface area contributed by atoms with Gasteiger partial charge in [-0.2, -0.15) is 11.3 Å². The van der Waals surface area contributed by atoms with Crippen LogP contribution in [0.15, 0.2) is 71.4 Å². The van der Waals surface area contributed by atoms with E-state index in [0.717, 1.165) is 59.8 Å². The number of pyridine rings is 1. The van der Waals surface area contributed by atoms with Crippen molar-refractivity contribution in [3.05, 3.63) is 93.9 Å². The molecule has 0 unspecified atom stereocenters. The lowest BCUT2D eigenvalue weighted by molar-refractivity contribution is 0.0363. The predicted octanol–water partition coefficient (Wildman–Crippen LogP) is 5.67. The second-order valence-electron chi connectivity index (χ2n) is 10.9. The number of esters is 1. The molecule has 1 aliphatic heterocycles. The molecule has 1 fully saturated rings. The van der Waals surface area contributed by atoms with E-state index in [4.69, 9.17) is 20.2 Å². The van der Waals surface area contributed by atoms with Crippen molar-refractivity contribution in [3.8, 4) is 0 Å². The maximum atomic E-state index is 13.5. The van der Waals surface area contributed by atoms with Crippen LogP contribution < -0.4 is 10.5 Å². The van der Waals surface area contributed by atoms with E-state index >= 15 is 0 Å². The Labute approximate surface area is 254 Å². The van der Waals surface area contributed by atoms with E-state index in [1.165, 1.54) is 11.3 Å². The number of nitrogens with one attached hydrogen (secondary N) is 1. The highest BCUT2D eigenvalue weighted by Gasteiger charge is 2.21. The molecule has 9 nitrogen and oxygen atoms in total. The molecule has 3 N–H and O–H groups in total. The number of ether oxygens (including phenoxy) is 2. The molecule has 0 atom stereocenters. The van der Waals surface area contributed by atoms with Gasteiger partial charge in [0.2, 0.25) is 10.0 Å². The third kappa shape index (κ3) is 6.91. The maximum absolute atomic E-state index is 13.5. The summed E-state index contributed by atoms with van der Waals surface area (Å²) in [5.74, 6) is -0.0496. The van der Waals surface area contributed by atoms with Crippen LogP contribution >= 0.6 is 11.3 Å². The summed E-state index contributed by atoms with van der Waals surface area (Å²) in [5, 5.41) is 6.30. The summed E-state index contributed by atoms with van der Waals surface area (Å²) in [6.07, 6.45) is 2.75. The molecule has 2 aromatic carbocycles. The number of nitrogens with zero attached hydrogens (tertiary/aromatic N) is 2. The summed E-state index contributed by atoms with van der Waals surface area (Å²) < 4.78 is 41.9. The molecule has 0 radical (unpaired) electrons. The first-order chi connectivity index (χ1) is 20.9. The van der Waals surface area contributed by atoms with Crippen molar-refractivity contribution in [2.45, 2.75) is 38.1 Å². The van der Waals surface area contributed by atoms with Crippen molar-refractivity contribution in [1.29, 1.82) is 0 Å². The molecule has 11 heteroatoms. The fourth-order valence-electron chi connectivity index (χ4n) is 5.60.